The zero-order valence-electron chi connectivity index (χ0n) is 14.4. The third-order valence-electron chi connectivity index (χ3n) is 3.62. The highest BCUT2D eigenvalue weighted by Gasteiger charge is 2.06. The van der Waals surface area contributed by atoms with E-state index in [1.165, 1.54) is 12.1 Å². The number of ether oxygens (including phenoxy) is 1. The monoisotopic (exact) mass is 460 g/mol. The molecule has 7 nitrogen and oxygen atoms in total. The minimum absolute atomic E-state index is 0.0839. The maximum absolute atomic E-state index is 10.7. The van der Waals surface area contributed by atoms with Gasteiger partial charge in [0.05, 0.1) is 11.1 Å². The van der Waals surface area contributed by atoms with Crippen molar-refractivity contribution >= 4 is 45.3 Å². The molecule has 0 bridgehead atoms. The van der Waals surface area contributed by atoms with Crippen LogP contribution in [-0.4, -0.2) is 16.1 Å². The number of hydrogen-bond acceptors (Lipinski definition) is 6. The van der Waals surface area contributed by atoms with Gasteiger partial charge in [0.25, 0.3) is 5.69 Å². The van der Waals surface area contributed by atoms with Gasteiger partial charge >= 0.3 is 0 Å². The smallest absolute Gasteiger partial charge is 0.287 e. The van der Waals surface area contributed by atoms with Crippen molar-refractivity contribution in [2.24, 2.45) is 5.10 Å². The van der Waals surface area contributed by atoms with Crippen molar-refractivity contribution in [1.82, 2.24) is 4.98 Å². The summed E-state index contributed by atoms with van der Waals surface area (Å²) in [5.41, 5.74) is 4.39. The summed E-state index contributed by atoms with van der Waals surface area (Å²) in [7, 11) is 0. The van der Waals surface area contributed by atoms with Gasteiger partial charge in [0.2, 0.25) is 0 Å². The Balaban J connectivity index is 1.68. The second-order valence-electron chi connectivity index (χ2n) is 5.63. The average molecular weight is 462 g/mol. The molecule has 0 amide bonds. The van der Waals surface area contributed by atoms with Gasteiger partial charge in [0.1, 0.15) is 24.4 Å². The van der Waals surface area contributed by atoms with Crippen LogP contribution < -0.4 is 10.2 Å². The number of benzene rings is 2. The fourth-order valence-corrected chi connectivity index (χ4v) is 2.73. The number of rotatable bonds is 7. The summed E-state index contributed by atoms with van der Waals surface area (Å²) in [4.78, 5) is 14.1. The second kappa shape index (κ2) is 9.29. The molecule has 0 saturated carbocycles. The van der Waals surface area contributed by atoms with Crippen LogP contribution in [0.1, 0.15) is 11.1 Å². The van der Waals surface area contributed by atoms with Crippen LogP contribution in [0.4, 0.5) is 11.5 Å². The second-order valence-corrected chi connectivity index (χ2v) is 6.98. The number of anilines is 1. The van der Waals surface area contributed by atoms with Crippen molar-refractivity contribution in [2.75, 3.05) is 5.43 Å². The molecule has 0 radical (unpaired) electrons. The quantitative estimate of drug-likeness (QED) is 0.288. The Bertz CT molecular complexity index is 995. The fourth-order valence-electron chi connectivity index (χ4n) is 2.22. The van der Waals surface area contributed by atoms with Crippen molar-refractivity contribution < 1.29 is 9.66 Å². The number of nitrogens with zero attached hydrogens (tertiary/aromatic N) is 3. The topological polar surface area (TPSA) is 89.7 Å². The molecule has 3 aromatic rings. The predicted octanol–water partition coefficient (Wildman–Crippen LogP) is 5.43. The van der Waals surface area contributed by atoms with E-state index in [1.54, 1.807) is 6.21 Å². The molecule has 9 heteroatoms. The van der Waals surface area contributed by atoms with E-state index in [2.05, 4.69) is 31.4 Å². The van der Waals surface area contributed by atoms with Gasteiger partial charge in [0, 0.05) is 21.1 Å². The summed E-state index contributed by atoms with van der Waals surface area (Å²) in [5, 5.41) is 15.5. The lowest BCUT2D eigenvalue weighted by Crippen LogP contribution is -2.00. The highest BCUT2D eigenvalue weighted by atomic mass is 79.9. The van der Waals surface area contributed by atoms with E-state index in [1.807, 2.05) is 42.5 Å². The maximum Gasteiger partial charge on any atom is 0.287 e. The van der Waals surface area contributed by atoms with Gasteiger partial charge in [-0.3, -0.25) is 15.5 Å². The largest absolute Gasteiger partial charge is 0.488 e. The molecule has 3 rings (SSSR count). The van der Waals surface area contributed by atoms with E-state index in [0.717, 1.165) is 21.8 Å². The standard InChI is InChI=1S/C19H14BrClN4O3/c20-15-3-7-18(28-12-13-1-4-16(21)5-2-13)14(9-15)10-23-24-19-8-6-17(11-22-19)25(26)27/h1-11H,12H2,(H,22,24). The first-order valence-corrected chi connectivity index (χ1v) is 9.25. The summed E-state index contributed by atoms with van der Waals surface area (Å²) in [6.45, 7) is 0.386. The molecule has 142 valence electrons. The predicted molar refractivity (Wildman–Crippen MR) is 112 cm³/mol. The Kier molecular flexibility index (Phi) is 6.57. The SMILES string of the molecule is O=[N+]([O-])c1ccc(NN=Cc2cc(Br)ccc2OCc2ccc(Cl)cc2)nc1. The molecule has 0 aliphatic heterocycles. The number of halogens is 2. The summed E-state index contributed by atoms with van der Waals surface area (Å²) >= 11 is 9.32. The molecule has 0 aliphatic carbocycles. The summed E-state index contributed by atoms with van der Waals surface area (Å²) in [5.74, 6) is 1.04. The van der Waals surface area contributed by atoms with Crippen molar-refractivity contribution in [2.45, 2.75) is 6.61 Å². The zero-order valence-corrected chi connectivity index (χ0v) is 16.7. The van der Waals surface area contributed by atoms with E-state index < -0.39 is 4.92 Å². The molecule has 1 heterocycles. The van der Waals surface area contributed by atoms with Gasteiger partial charge in [-0.25, -0.2) is 4.98 Å². The van der Waals surface area contributed by atoms with Crippen LogP contribution in [0, 0.1) is 10.1 Å². The third-order valence-corrected chi connectivity index (χ3v) is 4.37. The number of nitro groups is 1. The Labute approximate surface area is 174 Å². The number of aromatic nitrogens is 1. The number of hydrogen-bond donors (Lipinski definition) is 1. The van der Waals surface area contributed by atoms with Crippen LogP contribution in [-0.2, 0) is 6.61 Å². The van der Waals surface area contributed by atoms with E-state index >= 15 is 0 Å². The van der Waals surface area contributed by atoms with Gasteiger partial charge in [-0.05, 0) is 42.0 Å². The lowest BCUT2D eigenvalue weighted by atomic mass is 10.2. The average Bonchev–Trinajstić information content (AvgIpc) is 2.69. The van der Waals surface area contributed by atoms with Crippen molar-refractivity contribution in [3.05, 3.63) is 91.5 Å². The number of hydrazone groups is 1. The first kappa shape index (κ1) is 19.8. The lowest BCUT2D eigenvalue weighted by molar-refractivity contribution is -0.385. The molecule has 0 fully saturated rings. The molecular formula is C19H14BrClN4O3. The number of pyridine rings is 1. The number of nitrogens with one attached hydrogen (secondary N) is 1. The molecule has 0 spiro atoms. The van der Waals surface area contributed by atoms with E-state index in [9.17, 15) is 10.1 Å². The van der Waals surface area contributed by atoms with Crippen LogP contribution >= 0.6 is 27.5 Å². The Morgan fingerprint density at radius 3 is 2.68 bits per heavy atom. The third kappa shape index (κ3) is 5.51. The van der Waals surface area contributed by atoms with Gasteiger partial charge in [-0.2, -0.15) is 5.10 Å². The highest BCUT2D eigenvalue weighted by Crippen LogP contribution is 2.23. The van der Waals surface area contributed by atoms with E-state index in [4.69, 9.17) is 16.3 Å². The molecule has 1 N–H and O–H groups in total. The molecule has 1 aromatic heterocycles. The molecule has 0 aliphatic rings. The molecular weight excluding hydrogens is 448 g/mol. The maximum atomic E-state index is 10.7. The van der Waals surface area contributed by atoms with Crippen LogP contribution in [0.3, 0.4) is 0 Å². The van der Waals surface area contributed by atoms with Gasteiger partial charge in [0.15, 0.2) is 0 Å². The first-order chi connectivity index (χ1) is 13.5. The van der Waals surface area contributed by atoms with Gasteiger partial charge in [-0.15, -0.1) is 0 Å². The Hall–Kier alpha value is -2.97. The molecule has 0 unspecified atom stereocenters. The Morgan fingerprint density at radius 2 is 2.00 bits per heavy atom. The van der Waals surface area contributed by atoms with Crippen LogP contribution in [0.15, 0.2) is 70.4 Å². The van der Waals surface area contributed by atoms with Crippen molar-refractivity contribution in [3.8, 4) is 5.75 Å². The van der Waals surface area contributed by atoms with Gasteiger partial charge < -0.3 is 4.74 Å². The highest BCUT2D eigenvalue weighted by molar-refractivity contribution is 9.10. The van der Waals surface area contributed by atoms with Crippen LogP contribution in [0.25, 0.3) is 0 Å². The van der Waals surface area contributed by atoms with Crippen molar-refractivity contribution in [1.29, 1.82) is 0 Å². The minimum atomic E-state index is -0.508. The normalized spacial score (nSPS) is 10.8. The van der Waals surface area contributed by atoms with E-state index in [0.29, 0.717) is 23.2 Å². The minimum Gasteiger partial charge on any atom is -0.488 e. The molecule has 0 atom stereocenters. The van der Waals surface area contributed by atoms with E-state index in [-0.39, 0.29) is 5.69 Å². The van der Waals surface area contributed by atoms with Crippen LogP contribution in [0.2, 0.25) is 5.02 Å². The lowest BCUT2D eigenvalue weighted by Gasteiger charge is -2.10. The Morgan fingerprint density at radius 1 is 1.21 bits per heavy atom. The zero-order chi connectivity index (χ0) is 19.9. The summed E-state index contributed by atoms with van der Waals surface area (Å²) in [6.07, 6.45) is 2.75. The van der Waals surface area contributed by atoms with Gasteiger partial charge in [-0.1, -0.05) is 39.7 Å². The fraction of sp³-hybridized carbons (Fsp3) is 0.0526. The molecule has 2 aromatic carbocycles. The van der Waals surface area contributed by atoms with Crippen molar-refractivity contribution in [3.63, 3.8) is 0 Å². The first-order valence-electron chi connectivity index (χ1n) is 8.07. The summed E-state index contributed by atoms with van der Waals surface area (Å²) < 4.78 is 6.77. The van der Waals surface area contributed by atoms with Crippen LogP contribution in [0.5, 0.6) is 5.75 Å². The summed E-state index contributed by atoms with van der Waals surface area (Å²) in [6, 6.07) is 15.8. The molecule has 28 heavy (non-hydrogen) atoms. The molecule has 0 saturated heterocycles.